The fourth-order valence-electron chi connectivity index (χ4n) is 2.89. The Labute approximate surface area is 184 Å². The number of benzene rings is 2. The van der Waals surface area contributed by atoms with Gasteiger partial charge in [-0.3, -0.25) is 4.79 Å². The molecule has 8 nitrogen and oxygen atoms in total. The number of amides is 1. The number of hydrazone groups is 1. The summed E-state index contributed by atoms with van der Waals surface area (Å²) in [7, 11) is 1.62. The molecule has 160 valence electrons. The number of morpholine rings is 1. The Morgan fingerprint density at radius 1 is 1.10 bits per heavy atom. The normalized spacial score (nSPS) is 13.9. The van der Waals surface area contributed by atoms with Gasteiger partial charge in [0.2, 0.25) is 0 Å². The number of nitrogens with one attached hydrogen (secondary N) is 1. The van der Waals surface area contributed by atoms with E-state index in [-0.39, 0.29) is 5.91 Å². The Morgan fingerprint density at radius 3 is 2.42 bits per heavy atom. The number of rotatable bonds is 7. The van der Waals surface area contributed by atoms with Crippen molar-refractivity contribution in [3.05, 3.63) is 65.2 Å². The highest BCUT2D eigenvalue weighted by atomic mass is 32.1. The van der Waals surface area contributed by atoms with Crippen molar-refractivity contribution in [3.63, 3.8) is 0 Å². The van der Waals surface area contributed by atoms with Crippen LogP contribution in [0.5, 0.6) is 17.2 Å². The summed E-state index contributed by atoms with van der Waals surface area (Å²) < 4.78 is 16.3. The van der Waals surface area contributed by atoms with Crippen LogP contribution in [0, 0.1) is 0 Å². The van der Waals surface area contributed by atoms with E-state index in [1.54, 1.807) is 18.7 Å². The summed E-state index contributed by atoms with van der Waals surface area (Å²) >= 11 is 1.44. The fourth-order valence-corrected chi connectivity index (χ4v) is 3.75. The molecule has 0 radical (unpaired) electrons. The molecule has 1 aromatic heterocycles. The zero-order chi connectivity index (χ0) is 21.5. The number of nitrogens with zero attached hydrogens (tertiary/aromatic N) is 3. The predicted molar refractivity (Wildman–Crippen MR) is 120 cm³/mol. The number of hydrogen-bond acceptors (Lipinski definition) is 8. The molecule has 3 aromatic rings. The van der Waals surface area contributed by atoms with E-state index in [9.17, 15) is 4.79 Å². The molecule has 1 amide bonds. The van der Waals surface area contributed by atoms with Gasteiger partial charge in [0.05, 0.1) is 26.5 Å². The van der Waals surface area contributed by atoms with E-state index in [2.05, 4.69) is 20.4 Å². The van der Waals surface area contributed by atoms with Gasteiger partial charge in [-0.1, -0.05) is 0 Å². The Hall–Kier alpha value is -3.43. The van der Waals surface area contributed by atoms with Gasteiger partial charge in [-0.25, -0.2) is 10.4 Å². The smallest absolute Gasteiger partial charge is 0.290 e. The van der Waals surface area contributed by atoms with Crippen LogP contribution in [0.2, 0.25) is 0 Å². The van der Waals surface area contributed by atoms with Crippen LogP contribution < -0.4 is 19.8 Å². The van der Waals surface area contributed by atoms with Crippen molar-refractivity contribution in [1.82, 2.24) is 10.4 Å². The molecule has 0 saturated carbocycles. The zero-order valence-electron chi connectivity index (χ0n) is 17.0. The maximum atomic E-state index is 12.3. The van der Waals surface area contributed by atoms with Crippen LogP contribution in [-0.4, -0.2) is 50.5 Å². The molecule has 1 aliphatic heterocycles. The fraction of sp³-hybridized carbons (Fsp3) is 0.227. The third-order valence-corrected chi connectivity index (χ3v) is 5.46. The molecule has 0 spiro atoms. The molecule has 31 heavy (non-hydrogen) atoms. The van der Waals surface area contributed by atoms with Crippen molar-refractivity contribution in [1.29, 1.82) is 0 Å². The second-order valence-electron chi connectivity index (χ2n) is 6.66. The van der Waals surface area contributed by atoms with Crippen molar-refractivity contribution in [2.24, 2.45) is 5.10 Å². The molecule has 2 heterocycles. The molecule has 0 unspecified atom stereocenters. The van der Waals surface area contributed by atoms with Crippen LogP contribution >= 0.6 is 11.3 Å². The Morgan fingerprint density at radius 2 is 1.74 bits per heavy atom. The number of carbonyl (C=O) groups is 1. The largest absolute Gasteiger partial charge is 0.497 e. The summed E-state index contributed by atoms with van der Waals surface area (Å²) in [4.78, 5) is 18.8. The zero-order valence-corrected chi connectivity index (χ0v) is 17.8. The third-order valence-electron chi connectivity index (χ3n) is 4.56. The highest BCUT2D eigenvalue weighted by Gasteiger charge is 2.17. The number of anilines is 1. The summed E-state index contributed by atoms with van der Waals surface area (Å²) in [6, 6.07) is 14.7. The molecular formula is C22H22N4O4S. The lowest BCUT2D eigenvalue weighted by atomic mass is 10.2. The first-order chi connectivity index (χ1) is 15.2. The Bertz CT molecular complexity index is 1030. The lowest BCUT2D eigenvalue weighted by molar-refractivity contribution is 0.0951. The number of ether oxygens (including phenoxy) is 3. The maximum Gasteiger partial charge on any atom is 0.290 e. The van der Waals surface area contributed by atoms with Crippen LogP contribution in [0.3, 0.4) is 0 Å². The first-order valence-electron chi connectivity index (χ1n) is 9.75. The number of thiazole rings is 1. The molecule has 2 aromatic carbocycles. The Balaban J connectivity index is 1.29. The minimum Gasteiger partial charge on any atom is -0.497 e. The van der Waals surface area contributed by atoms with Gasteiger partial charge in [0.1, 0.15) is 22.9 Å². The van der Waals surface area contributed by atoms with E-state index in [1.165, 1.54) is 11.3 Å². The van der Waals surface area contributed by atoms with E-state index in [0.29, 0.717) is 30.4 Å². The predicted octanol–water partition coefficient (Wildman–Crippen LogP) is 3.54. The highest BCUT2D eigenvalue weighted by molar-refractivity contribution is 7.13. The minimum absolute atomic E-state index is 0.341. The number of hydrogen-bond donors (Lipinski definition) is 1. The van der Waals surface area contributed by atoms with Gasteiger partial charge in [0.15, 0.2) is 5.13 Å². The summed E-state index contributed by atoms with van der Waals surface area (Å²) in [5.74, 6) is 1.85. The topological polar surface area (TPSA) is 85.3 Å². The quantitative estimate of drug-likeness (QED) is 0.449. The molecule has 1 N–H and O–H groups in total. The molecule has 0 aliphatic carbocycles. The van der Waals surface area contributed by atoms with E-state index in [1.807, 2.05) is 48.5 Å². The summed E-state index contributed by atoms with van der Waals surface area (Å²) in [5, 5.41) is 6.59. The second kappa shape index (κ2) is 10.1. The maximum absolute atomic E-state index is 12.3. The first-order valence-corrected chi connectivity index (χ1v) is 10.6. The monoisotopic (exact) mass is 438 g/mol. The van der Waals surface area contributed by atoms with Gasteiger partial charge in [-0.15, -0.1) is 11.3 Å². The van der Waals surface area contributed by atoms with E-state index in [0.717, 1.165) is 29.5 Å². The molecule has 1 saturated heterocycles. The summed E-state index contributed by atoms with van der Waals surface area (Å²) in [5.41, 5.74) is 3.70. The van der Waals surface area contributed by atoms with E-state index < -0.39 is 0 Å². The van der Waals surface area contributed by atoms with Gasteiger partial charge in [0, 0.05) is 18.5 Å². The molecule has 1 fully saturated rings. The SMILES string of the molecule is COc1ccc(Oc2ccc(/C=N/NC(=O)c3csc(N4CCOCC4)n3)cc2)cc1. The van der Waals surface area contributed by atoms with Gasteiger partial charge in [0.25, 0.3) is 5.91 Å². The third kappa shape index (κ3) is 5.59. The van der Waals surface area contributed by atoms with Crippen molar-refractivity contribution >= 4 is 28.6 Å². The van der Waals surface area contributed by atoms with Gasteiger partial charge >= 0.3 is 0 Å². The van der Waals surface area contributed by atoms with E-state index >= 15 is 0 Å². The van der Waals surface area contributed by atoms with Crippen LogP contribution in [-0.2, 0) is 4.74 Å². The summed E-state index contributed by atoms with van der Waals surface area (Å²) in [6.07, 6.45) is 1.57. The van der Waals surface area contributed by atoms with Crippen LogP contribution in [0.4, 0.5) is 5.13 Å². The van der Waals surface area contributed by atoms with Gasteiger partial charge in [-0.2, -0.15) is 5.10 Å². The van der Waals surface area contributed by atoms with Crippen molar-refractivity contribution < 1.29 is 19.0 Å². The van der Waals surface area contributed by atoms with Crippen LogP contribution in [0.1, 0.15) is 16.1 Å². The van der Waals surface area contributed by atoms with Gasteiger partial charge < -0.3 is 19.1 Å². The van der Waals surface area contributed by atoms with Gasteiger partial charge in [-0.05, 0) is 54.1 Å². The van der Waals surface area contributed by atoms with Crippen molar-refractivity contribution in [3.8, 4) is 17.2 Å². The lowest BCUT2D eigenvalue weighted by Crippen LogP contribution is -2.36. The molecule has 1 aliphatic rings. The number of aromatic nitrogens is 1. The average Bonchev–Trinajstić information content (AvgIpc) is 3.32. The lowest BCUT2D eigenvalue weighted by Gasteiger charge is -2.25. The van der Waals surface area contributed by atoms with E-state index in [4.69, 9.17) is 14.2 Å². The van der Waals surface area contributed by atoms with Crippen LogP contribution in [0.25, 0.3) is 0 Å². The van der Waals surface area contributed by atoms with Crippen molar-refractivity contribution in [2.75, 3.05) is 38.3 Å². The molecule has 0 atom stereocenters. The summed E-state index contributed by atoms with van der Waals surface area (Å²) in [6.45, 7) is 2.92. The van der Waals surface area contributed by atoms with Crippen molar-refractivity contribution in [2.45, 2.75) is 0 Å². The minimum atomic E-state index is -0.341. The highest BCUT2D eigenvalue weighted by Crippen LogP contribution is 2.24. The average molecular weight is 439 g/mol. The standard InChI is InChI=1S/C22H22N4O4S/c1-28-17-6-8-19(9-7-17)30-18-4-2-16(3-5-18)14-23-25-21(27)20-15-31-22(24-20)26-10-12-29-13-11-26/h2-9,14-15H,10-13H2,1H3,(H,25,27)/b23-14+. The number of methoxy groups -OCH3 is 1. The number of carbonyl (C=O) groups excluding carboxylic acids is 1. The second-order valence-corrected chi connectivity index (χ2v) is 7.50. The molecular weight excluding hydrogens is 416 g/mol. The molecule has 9 heteroatoms. The molecule has 0 bridgehead atoms. The Kier molecular flexibility index (Phi) is 6.75. The van der Waals surface area contributed by atoms with Crippen LogP contribution in [0.15, 0.2) is 59.0 Å². The molecule has 4 rings (SSSR count). The first kappa shape index (κ1) is 20.8.